The second-order valence-corrected chi connectivity index (χ2v) is 5.49. The van der Waals surface area contributed by atoms with E-state index in [1.54, 1.807) is 0 Å². The molecule has 0 aromatic heterocycles. The highest BCUT2D eigenvalue weighted by molar-refractivity contribution is 5.47. The first-order valence-corrected chi connectivity index (χ1v) is 7.20. The normalized spacial score (nSPS) is 17.9. The highest BCUT2D eigenvalue weighted by Crippen LogP contribution is 2.28. The number of aliphatic hydroxyl groups is 1. The number of likely N-dealkylation sites (N-methyl/N-ethyl adjacent to an activating group) is 1. The Hall–Kier alpha value is -1.02. The second-order valence-electron chi connectivity index (χ2n) is 5.49. The van der Waals surface area contributed by atoms with Crippen molar-refractivity contribution in [3.63, 3.8) is 0 Å². The minimum Gasteiger partial charge on any atom is -0.391 e. The first-order chi connectivity index (χ1) is 8.70. The predicted molar refractivity (Wildman–Crippen MR) is 77.0 cm³/mol. The predicted octanol–water partition coefficient (Wildman–Crippen LogP) is 3.37. The molecule has 2 heteroatoms. The molecule has 100 valence electrons. The Morgan fingerprint density at radius 2 is 1.83 bits per heavy atom. The van der Waals surface area contributed by atoms with Crippen LogP contribution in [0, 0.1) is 12.8 Å². The number of hydrogen-bond donors (Lipinski definition) is 1. The smallest absolute Gasteiger partial charge is 0.0743 e. The Kier molecular flexibility index (Phi) is 4.65. The molecular weight excluding hydrogens is 222 g/mol. The summed E-state index contributed by atoms with van der Waals surface area (Å²) in [6.07, 6.45) is 4.81. The van der Waals surface area contributed by atoms with Crippen molar-refractivity contribution < 1.29 is 5.11 Å². The Labute approximate surface area is 111 Å². The fraction of sp³-hybridized carbons (Fsp3) is 0.625. The van der Waals surface area contributed by atoms with E-state index in [-0.39, 0.29) is 6.10 Å². The molecule has 18 heavy (non-hydrogen) atoms. The number of rotatable bonds is 5. The van der Waals surface area contributed by atoms with E-state index in [4.69, 9.17) is 0 Å². The van der Waals surface area contributed by atoms with Crippen LogP contribution in [-0.4, -0.2) is 24.3 Å². The third-order valence-corrected chi connectivity index (χ3v) is 4.13. The average molecular weight is 247 g/mol. The first kappa shape index (κ1) is 13.4. The molecule has 1 fully saturated rings. The van der Waals surface area contributed by atoms with Gasteiger partial charge in [0.2, 0.25) is 0 Å². The van der Waals surface area contributed by atoms with Crippen LogP contribution in [0.25, 0.3) is 0 Å². The number of hydrogen-bond acceptors (Lipinski definition) is 2. The fourth-order valence-electron chi connectivity index (χ4n) is 2.89. The van der Waals surface area contributed by atoms with Crippen LogP contribution in [-0.2, 0) is 0 Å². The van der Waals surface area contributed by atoms with Crippen LogP contribution in [0.1, 0.15) is 38.2 Å². The lowest BCUT2D eigenvalue weighted by molar-refractivity contribution is 0.116. The second kappa shape index (κ2) is 6.24. The van der Waals surface area contributed by atoms with Crippen molar-refractivity contribution in [3.05, 3.63) is 29.8 Å². The number of aliphatic hydroxyl groups excluding tert-OH is 1. The largest absolute Gasteiger partial charge is 0.391 e. The number of benzene rings is 1. The first-order valence-electron chi connectivity index (χ1n) is 7.20. The lowest BCUT2D eigenvalue weighted by atomic mass is 10.0. The van der Waals surface area contributed by atoms with Crippen molar-refractivity contribution in [1.29, 1.82) is 0 Å². The monoisotopic (exact) mass is 247 g/mol. The Bertz CT molecular complexity index is 354. The van der Waals surface area contributed by atoms with Crippen LogP contribution >= 0.6 is 0 Å². The van der Waals surface area contributed by atoms with Gasteiger partial charge < -0.3 is 10.0 Å². The zero-order chi connectivity index (χ0) is 13.0. The molecule has 1 aromatic carbocycles. The molecule has 1 saturated carbocycles. The fourth-order valence-corrected chi connectivity index (χ4v) is 2.89. The average Bonchev–Trinajstić information content (AvgIpc) is 2.91. The molecule has 0 amide bonds. The Morgan fingerprint density at radius 3 is 2.39 bits per heavy atom. The van der Waals surface area contributed by atoms with E-state index >= 15 is 0 Å². The summed E-state index contributed by atoms with van der Waals surface area (Å²) in [5, 5.41) is 10.3. The Morgan fingerprint density at radius 1 is 1.22 bits per heavy atom. The molecule has 1 aliphatic carbocycles. The van der Waals surface area contributed by atoms with Crippen LogP contribution in [0.15, 0.2) is 24.3 Å². The van der Waals surface area contributed by atoms with Crippen LogP contribution in [0.2, 0.25) is 0 Å². The van der Waals surface area contributed by atoms with Crippen LogP contribution in [0.3, 0.4) is 0 Å². The minimum atomic E-state index is -0.172. The van der Waals surface area contributed by atoms with E-state index in [9.17, 15) is 5.11 Å². The molecule has 2 nitrogen and oxygen atoms in total. The van der Waals surface area contributed by atoms with Gasteiger partial charge in [-0.15, -0.1) is 0 Å². The SMILES string of the molecule is CCN(CC(O)C1CCCC1)c1ccc(C)cc1. The number of aryl methyl sites for hydroxylation is 1. The quantitative estimate of drug-likeness (QED) is 0.862. The zero-order valence-electron chi connectivity index (χ0n) is 11.6. The molecule has 0 spiro atoms. The molecule has 1 unspecified atom stereocenters. The van der Waals surface area contributed by atoms with E-state index in [1.165, 1.54) is 36.9 Å². The lowest BCUT2D eigenvalue weighted by Crippen LogP contribution is -2.35. The minimum absolute atomic E-state index is 0.172. The summed E-state index contributed by atoms with van der Waals surface area (Å²) in [5.41, 5.74) is 2.51. The highest BCUT2D eigenvalue weighted by atomic mass is 16.3. The van der Waals surface area contributed by atoms with Gasteiger partial charge in [-0.05, 0) is 44.7 Å². The van der Waals surface area contributed by atoms with Gasteiger partial charge >= 0.3 is 0 Å². The summed E-state index contributed by atoms with van der Waals surface area (Å²) >= 11 is 0. The topological polar surface area (TPSA) is 23.5 Å². The van der Waals surface area contributed by atoms with Crippen molar-refractivity contribution in [1.82, 2.24) is 0 Å². The summed E-state index contributed by atoms with van der Waals surface area (Å²) in [5.74, 6) is 0.518. The van der Waals surface area contributed by atoms with Gasteiger partial charge in [0.15, 0.2) is 0 Å². The molecule has 0 bridgehead atoms. The molecule has 0 saturated heterocycles. The Balaban J connectivity index is 1.97. The van der Waals surface area contributed by atoms with Gasteiger partial charge in [-0.2, -0.15) is 0 Å². The molecule has 1 atom stereocenters. The maximum absolute atomic E-state index is 10.3. The van der Waals surface area contributed by atoms with Crippen molar-refractivity contribution in [3.8, 4) is 0 Å². The van der Waals surface area contributed by atoms with Gasteiger partial charge in [0, 0.05) is 18.8 Å². The maximum atomic E-state index is 10.3. The maximum Gasteiger partial charge on any atom is 0.0743 e. The molecule has 0 aliphatic heterocycles. The van der Waals surface area contributed by atoms with Crippen LogP contribution in [0.4, 0.5) is 5.69 Å². The van der Waals surface area contributed by atoms with Gasteiger partial charge in [-0.25, -0.2) is 0 Å². The number of anilines is 1. The highest BCUT2D eigenvalue weighted by Gasteiger charge is 2.24. The molecule has 0 heterocycles. The molecule has 1 N–H and O–H groups in total. The van der Waals surface area contributed by atoms with Crippen LogP contribution in [0.5, 0.6) is 0 Å². The van der Waals surface area contributed by atoms with E-state index in [0.717, 1.165) is 13.1 Å². The van der Waals surface area contributed by atoms with Crippen LogP contribution < -0.4 is 4.90 Å². The van der Waals surface area contributed by atoms with Crippen molar-refractivity contribution >= 4 is 5.69 Å². The van der Waals surface area contributed by atoms with Gasteiger partial charge in [-0.1, -0.05) is 30.5 Å². The third kappa shape index (κ3) is 3.26. The van der Waals surface area contributed by atoms with Gasteiger partial charge in [0.1, 0.15) is 0 Å². The van der Waals surface area contributed by atoms with Gasteiger partial charge in [-0.3, -0.25) is 0 Å². The van der Waals surface area contributed by atoms with E-state index in [1.807, 2.05) is 0 Å². The number of nitrogens with zero attached hydrogens (tertiary/aromatic N) is 1. The molecule has 1 aliphatic rings. The molecular formula is C16H25NO. The van der Waals surface area contributed by atoms with E-state index in [0.29, 0.717) is 5.92 Å². The lowest BCUT2D eigenvalue weighted by Gasteiger charge is -2.28. The third-order valence-electron chi connectivity index (χ3n) is 4.13. The molecule has 2 rings (SSSR count). The van der Waals surface area contributed by atoms with Gasteiger partial charge in [0.25, 0.3) is 0 Å². The summed E-state index contributed by atoms with van der Waals surface area (Å²) < 4.78 is 0. The summed E-state index contributed by atoms with van der Waals surface area (Å²) in [6.45, 7) is 5.98. The van der Waals surface area contributed by atoms with E-state index < -0.39 is 0 Å². The summed E-state index contributed by atoms with van der Waals surface area (Å²) in [4.78, 5) is 2.28. The standard InChI is InChI=1S/C16H25NO/c1-3-17(15-10-8-13(2)9-11-15)12-16(18)14-6-4-5-7-14/h8-11,14,16,18H,3-7,12H2,1-2H3. The summed E-state index contributed by atoms with van der Waals surface area (Å²) in [6, 6.07) is 8.58. The van der Waals surface area contributed by atoms with Crippen molar-refractivity contribution in [2.75, 3.05) is 18.0 Å². The summed E-state index contributed by atoms with van der Waals surface area (Å²) in [7, 11) is 0. The van der Waals surface area contributed by atoms with Crippen molar-refractivity contribution in [2.24, 2.45) is 5.92 Å². The molecule has 0 radical (unpaired) electrons. The zero-order valence-corrected chi connectivity index (χ0v) is 11.6. The van der Waals surface area contributed by atoms with E-state index in [2.05, 4.69) is 43.0 Å². The molecule has 1 aromatic rings. The van der Waals surface area contributed by atoms with Gasteiger partial charge in [0.05, 0.1) is 6.10 Å². The van der Waals surface area contributed by atoms with Crippen molar-refractivity contribution in [2.45, 2.75) is 45.6 Å².